The Bertz CT molecular complexity index is 661. The van der Waals surface area contributed by atoms with E-state index in [0.717, 1.165) is 16.7 Å². The van der Waals surface area contributed by atoms with Crippen molar-refractivity contribution >= 4 is 34.8 Å². The van der Waals surface area contributed by atoms with Crippen molar-refractivity contribution in [3.63, 3.8) is 0 Å². The maximum atomic E-state index is 12.3. The third-order valence-corrected chi connectivity index (χ3v) is 3.48. The summed E-state index contributed by atoms with van der Waals surface area (Å²) in [5.74, 6) is -0.208. The molecular formula is C15H14Cl2N2O. The van der Waals surface area contributed by atoms with Gasteiger partial charge in [-0.15, -0.1) is 0 Å². The highest BCUT2D eigenvalue weighted by Crippen LogP contribution is 2.27. The smallest absolute Gasteiger partial charge is 0.256 e. The van der Waals surface area contributed by atoms with Crippen molar-refractivity contribution in [2.45, 2.75) is 20.8 Å². The number of nitrogens with zero attached hydrogens (tertiary/aromatic N) is 1. The molecule has 20 heavy (non-hydrogen) atoms. The Kier molecular flexibility index (Phi) is 4.31. The Balaban J connectivity index is 2.35. The number of rotatable bonds is 2. The summed E-state index contributed by atoms with van der Waals surface area (Å²) in [4.78, 5) is 16.3. The Morgan fingerprint density at radius 3 is 2.45 bits per heavy atom. The molecule has 104 valence electrons. The number of amides is 1. The van der Waals surface area contributed by atoms with Crippen LogP contribution in [0.2, 0.25) is 10.3 Å². The molecule has 0 saturated heterocycles. The van der Waals surface area contributed by atoms with Gasteiger partial charge in [0.05, 0.1) is 5.69 Å². The third kappa shape index (κ3) is 3.11. The van der Waals surface area contributed by atoms with Crippen LogP contribution in [0.1, 0.15) is 27.0 Å². The number of benzene rings is 1. The normalized spacial score (nSPS) is 10.4. The first-order valence-electron chi connectivity index (χ1n) is 6.09. The minimum absolute atomic E-state index is 0.189. The van der Waals surface area contributed by atoms with Crippen LogP contribution < -0.4 is 5.32 Å². The van der Waals surface area contributed by atoms with E-state index < -0.39 is 0 Å². The number of hydrogen-bond acceptors (Lipinski definition) is 2. The van der Waals surface area contributed by atoms with E-state index in [4.69, 9.17) is 23.2 Å². The number of aryl methyl sites for hydroxylation is 3. The second kappa shape index (κ2) is 5.81. The Labute approximate surface area is 127 Å². The number of aromatic nitrogens is 1. The lowest BCUT2D eigenvalue weighted by Crippen LogP contribution is -2.15. The van der Waals surface area contributed by atoms with E-state index in [9.17, 15) is 4.79 Å². The molecule has 0 unspecified atom stereocenters. The van der Waals surface area contributed by atoms with Gasteiger partial charge in [0.25, 0.3) is 5.91 Å². The van der Waals surface area contributed by atoms with Crippen LogP contribution in [0.3, 0.4) is 0 Å². The molecule has 0 aliphatic rings. The Hall–Kier alpha value is -1.58. The minimum Gasteiger partial charge on any atom is -0.319 e. The van der Waals surface area contributed by atoms with Crippen molar-refractivity contribution in [1.82, 2.24) is 4.98 Å². The lowest BCUT2D eigenvalue weighted by molar-refractivity contribution is 0.102. The zero-order valence-corrected chi connectivity index (χ0v) is 12.9. The lowest BCUT2D eigenvalue weighted by Gasteiger charge is -2.12. The van der Waals surface area contributed by atoms with Crippen molar-refractivity contribution in [3.05, 3.63) is 56.8 Å². The molecule has 0 fully saturated rings. The number of carbonyl (C=O) groups is 1. The molecule has 1 heterocycles. The van der Waals surface area contributed by atoms with Crippen LogP contribution in [0, 0.1) is 20.8 Å². The number of carbonyl (C=O) groups excluding carboxylic acids is 1. The fourth-order valence-electron chi connectivity index (χ4n) is 1.91. The number of nitrogens with one attached hydrogen (secondary N) is 1. The van der Waals surface area contributed by atoms with E-state index in [-0.39, 0.29) is 11.1 Å². The van der Waals surface area contributed by atoms with Gasteiger partial charge in [-0.3, -0.25) is 4.79 Å². The molecule has 0 aliphatic heterocycles. The third-order valence-electron chi connectivity index (χ3n) is 3.02. The van der Waals surface area contributed by atoms with Gasteiger partial charge in [0.1, 0.15) is 5.15 Å². The Morgan fingerprint density at radius 1 is 1.10 bits per heavy atom. The monoisotopic (exact) mass is 308 g/mol. The summed E-state index contributed by atoms with van der Waals surface area (Å²) in [6, 6.07) is 7.39. The highest BCUT2D eigenvalue weighted by molar-refractivity contribution is 6.35. The highest BCUT2D eigenvalue weighted by Gasteiger charge is 2.14. The number of pyridine rings is 1. The SMILES string of the molecule is Cc1ccc(C)c(C(=O)Nc2c(C)cc(Cl)nc2Cl)c1. The quantitative estimate of drug-likeness (QED) is 0.826. The molecule has 1 N–H and O–H groups in total. The summed E-state index contributed by atoms with van der Waals surface area (Å²) in [7, 11) is 0. The van der Waals surface area contributed by atoms with E-state index >= 15 is 0 Å². The molecule has 3 nitrogen and oxygen atoms in total. The van der Waals surface area contributed by atoms with Gasteiger partial charge >= 0.3 is 0 Å². The summed E-state index contributed by atoms with van der Waals surface area (Å²) < 4.78 is 0. The number of anilines is 1. The molecule has 1 amide bonds. The van der Waals surface area contributed by atoms with Crippen LogP contribution in [-0.2, 0) is 0 Å². The first-order valence-corrected chi connectivity index (χ1v) is 6.85. The topological polar surface area (TPSA) is 42.0 Å². The maximum Gasteiger partial charge on any atom is 0.256 e. The molecule has 0 atom stereocenters. The molecule has 0 saturated carbocycles. The Morgan fingerprint density at radius 2 is 1.80 bits per heavy atom. The van der Waals surface area contributed by atoms with E-state index in [1.54, 1.807) is 6.07 Å². The van der Waals surface area contributed by atoms with Crippen molar-refractivity contribution < 1.29 is 4.79 Å². The van der Waals surface area contributed by atoms with Crippen LogP contribution in [0.5, 0.6) is 0 Å². The second-order valence-electron chi connectivity index (χ2n) is 4.70. The first kappa shape index (κ1) is 14.8. The average molecular weight is 309 g/mol. The summed E-state index contributed by atoms with van der Waals surface area (Å²) in [6.45, 7) is 5.65. The van der Waals surface area contributed by atoms with Gasteiger partial charge in [-0.2, -0.15) is 0 Å². The fourth-order valence-corrected chi connectivity index (χ4v) is 2.49. The zero-order valence-electron chi connectivity index (χ0n) is 11.4. The van der Waals surface area contributed by atoms with Crippen molar-refractivity contribution in [3.8, 4) is 0 Å². The van der Waals surface area contributed by atoms with E-state index in [1.807, 2.05) is 39.0 Å². The van der Waals surface area contributed by atoms with Gasteiger partial charge < -0.3 is 5.32 Å². The zero-order chi connectivity index (χ0) is 14.9. The summed E-state index contributed by atoms with van der Waals surface area (Å²) >= 11 is 11.8. The molecule has 1 aromatic carbocycles. The van der Waals surface area contributed by atoms with Gasteiger partial charge in [-0.25, -0.2) is 4.98 Å². The maximum absolute atomic E-state index is 12.3. The van der Waals surface area contributed by atoms with E-state index in [0.29, 0.717) is 16.4 Å². The first-order chi connectivity index (χ1) is 9.38. The molecular weight excluding hydrogens is 295 g/mol. The second-order valence-corrected chi connectivity index (χ2v) is 5.45. The summed E-state index contributed by atoms with van der Waals surface area (Å²) in [5.41, 5.74) is 3.81. The highest BCUT2D eigenvalue weighted by atomic mass is 35.5. The molecule has 0 aliphatic carbocycles. The van der Waals surface area contributed by atoms with Crippen molar-refractivity contribution in [1.29, 1.82) is 0 Å². The van der Waals surface area contributed by atoms with Gasteiger partial charge in [0.15, 0.2) is 5.15 Å². The number of halogens is 2. The lowest BCUT2D eigenvalue weighted by atomic mass is 10.0. The van der Waals surface area contributed by atoms with Crippen molar-refractivity contribution in [2.24, 2.45) is 0 Å². The van der Waals surface area contributed by atoms with Gasteiger partial charge in [0.2, 0.25) is 0 Å². The fraction of sp³-hybridized carbons (Fsp3) is 0.200. The van der Waals surface area contributed by atoms with Crippen LogP contribution >= 0.6 is 23.2 Å². The van der Waals surface area contributed by atoms with Crippen LogP contribution in [0.4, 0.5) is 5.69 Å². The van der Waals surface area contributed by atoms with Gasteiger partial charge in [-0.05, 0) is 44.0 Å². The van der Waals surface area contributed by atoms with Crippen LogP contribution in [0.15, 0.2) is 24.3 Å². The minimum atomic E-state index is -0.208. The molecule has 5 heteroatoms. The molecule has 0 bridgehead atoms. The van der Waals surface area contributed by atoms with Crippen LogP contribution in [0.25, 0.3) is 0 Å². The molecule has 0 radical (unpaired) electrons. The summed E-state index contributed by atoms with van der Waals surface area (Å²) in [5, 5.41) is 3.29. The van der Waals surface area contributed by atoms with Crippen molar-refractivity contribution in [2.75, 3.05) is 5.32 Å². The van der Waals surface area contributed by atoms with Gasteiger partial charge in [0, 0.05) is 5.56 Å². The van der Waals surface area contributed by atoms with E-state index in [1.165, 1.54) is 0 Å². The molecule has 1 aromatic heterocycles. The molecule has 2 aromatic rings. The molecule has 0 spiro atoms. The van der Waals surface area contributed by atoms with E-state index in [2.05, 4.69) is 10.3 Å². The van der Waals surface area contributed by atoms with Crippen LogP contribution in [-0.4, -0.2) is 10.9 Å². The number of hydrogen-bond donors (Lipinski definition) is 1. The predicted octanol–water partition coefficient (Wildman–Crippen LogP) is 4.57. The summed E-state index contributed by atoms with van der Waals surface area (Å²) in [6.07, 6.45) is 0. The predicted molar refractivity (Wildman–Crippen MR) is 82.9 cm³/mol. The average Bonchev–Trinajstić information content (AvgIpc) is 2.36. The largest absolute Gasteiger partial charge is 0.319 e. The standard InChI is InChI=1S/C15H14Cl2N2O/c1-8-4-5-9(2)11(6-8)15(20)19-13-10(3)7-12(16)18-14(13)17/h4-7H,1-3H3,(H,19,20). The molecule has 2 rings (SSSR count). The van der Waals surface area contributed by atoms with Gasteiger partial charge in [-0.1, -0.05) is 40.9 Å².